The number of hydrogen-bond acceptors (Lipinski definition) is 5. The van der Waals surface area contributed by atoms with E-state index in [1.165, 1.54) is 36.3 Å². The van der Waals surface area contributed by atoms with E-state index >= 15 is 0 Å². The van der Waals surface area contributed by atoms with Crippen LogP contribution in [-0.2, 0) is 9.47 Å². The zero-order valence-corrected chi connectivity index (χ0v) is 17.9. The summed E-state index contributed by atoms with van der Waals surface area (Å²) in [6, 6.07) is 4.38. The normalized spacial score (nSPS) is 11.8. The van der Waals surface area contributed by atoms with E-state index in [2.05, 4.69) is 4.98 Å². The number of nitrogens with zero attached hydrogens (tertiary/aromatic N) is 1. The molecular weight excluding hydrogens is 391 g/mol. The maximum Gasteiger partial charge on any atom is 0.354 e. The van der Waals surface area contributed by atoms with Crippen molar-refractivity contribution in [2.75, 3.05) is 27.4 Å². The summed E-state index contributed by atoms with van der Waals surface area (Å²) in [4.78, 5) is 42.7. The number of rotatable bonds is 9. The van der Waals surface area contributed by atoms with Crippen molar-refractivity contribution in [1.29, 1.82) is 0 Å². The minimum absolute atomic E-state index is 0.210. The summed E-state index contributed by atoms with van der Waals surface area (Å²) in [6.45, 7) is 5.69. The van der Waals surface area contributed by atoms with Crippen LogP contribution < -0.4 is 0 Å². The number of ketones is 1. The van der Waals surface area contributed by atoms with E-state index in [1.807, 2.05) is 0 Å². The first-order valence-corrected chi connectivity index (χ1v) is 9.60. The summed E-state index contributed by atoms with van der Waals surface area (Å²) in [5, 5.41) is 0. The topological polar surface area (TPSA) is 88.7 Å². The smallest absolute Gasteiger partial charge is 0.354 e. The van der Waals surface area contributed by atoms with E-state index in [4.69, 9.17) is 9.47 Å². The van der Waals surface area contributed by atoms with Crippen molar-refractivity contribution in [2.24, 2.45) is 0 Å². The molecule has 0 radical (unpaired) electrons. The molecule has 0 aliphatic heterocycles. The van der Waals surface area contributed by atoms with Gasteiger partial charge in [0, 0.05) is 37.1 Å². The van der Waals surface area contributed by atoms with Crippen LogP contribution in [0.3, 0.4) is 0 Å². The van der Waals surface area contributed by atoms with E-state index < -0.39 is 17.8 Å². The number of esters is 1. The minimum Gasteiger partial charge on any atom is -0.464 e. The molecule has 0 bridgehead atoms. The third-order valence-electron chi connectivity index (χ3n) is 5.02. The molecule has 1 aromatic carbocycles. The van der Waals surface area contributed by atoms with Crippen LogP contribution in [0.1, 0.15) is 55.8 Å². The van der Waals surface area contributed by atoms with Crippen LogP contribution in [0.15, 0.2) is 24.3 Å². The first-order chi connectivity index (χ1) is 14.2. The first kappa shape index (κ1) is 23.3. The Morgan fingerprint density at radius 3 is 2.33 bits per heavy atom. The fourth-order valence-corrected chi connectivity index (χ4v) is 3.38. The molecule has 8 heteroatoms. The highest BCUT2D eigenvalue weighted by Gasteiger charge is 2.31. The van der Waals surface area contributed by atoms with Crippen LogP contribution in [0.5, 0.6) is 0 Å². The number of hydrogen-bond donors (Lipinski definition) is 1. The third kappa shape index (κ3) is 4.94. The average Bonchev–Trinajstić information content (AvgIpc) is 3.03. The number of halogens is 1. The molecule has 1 amide bonds. The zero-order chi connectivity index (χ0) is 22.4. The molecule has 1 heterocycles. The van der Waals surface area contributed by atoms with E-state index in [-0.39, 0.29) is 29.5 Å². The molecule has 0 aliphatic rings. The lowest BCUT2D eigenvalue weighted by atomic mass is 9.99. The molecule has 1 N–H and O–H groups in total. The number of aromatic nitrogens is 1. The molecule has 1 atom stereocenters. The lowest BCUT2D eigenvalue weighted by molar-refractivity contribution is 0.0591. The van der Waals surface area contributed by atoms with Gasteiger partial charge in [-0.1, -0.05) is 0 Å². The highest BCUT2D eigenvalue weighted by Crippen LogP contribution is 2.23. The van der Waals surface area contributed by atoms with Crippen LogP contribution in [0.2, 0.25) is 0 Å². The number of H-pyrrole nitrogens is 1. The molecule has 1 aromatic heterocycles. The van der Waals surface area contributed by atoms with Gasteiger partial charge in [-0.15, -0.1) is 0 Å². The highest BCUT2D eigenvalue weighted by atomic mass is 19.1. The fraction of sp³-hybridized carbons (Fsp3) is 0.409. The predicted octanol–water partition coefficient (Wildman–Crippen LogP) is 3.31. The molecule has 0 saturated carbocycles. The Hall–Kier alpha value is -3.00. The van der Waals surface area contributed by atoms with Gasteiger partial charge in [-0.05, 0) is 57.0 Å². The molecule has 0 fully saturated rings. The van der Waals surface area contributed by atoms with Crippen molar-refractivity contribution < 1.29 is 28.2 Å². The monoisotopic (exact) mass is 418 g/mol. The summed E-state index contributed by atoms with van der Waals surface area (Å²) in [7, 11) is 2.82. The number of carbonyl (C=O) groups excluding carboxylic acids is 3. The Kier molecular flexibility index (Phi) is 7.88. The largest absolute Gasteiger partial charge is 0.464 e. The van der Waals surface area contributed by atoms with Crippen LogP contribution in [0.4, 0.5) is 4.39 Å². The summed E-state index contributed by atoms with van der Waals surface area (Å²) in [5.41, 5.74) is 1.84. The standard InChI is InChI=1S/C22H27FN2O5/c1-13-18(14(2)24-19(13)22(28)30-5)20(26)15(3)25(11-6-12-29-4)21(27)16-7-9-17(23)10-8-16/h7-10,15,24H,6,11-12H2,1-5H3/t15-/m1/s1. The molecule has 0 saturated heterocycles. The van der Waals surface area contributed by atoms with Gasteiger partial charge in [0.05, 0.1) is 13.2 Å². The number of carbonyl (C=O) groups is 3. The summed E-state index contributed by atoms with van der Waals surface area (Å²) in [5.74, 6) is -1.70. The van der Waals surface area contributed by atoms with E-state index in [9.17, 15) is 18.8 Å². The van der Waals surface area contributed by atoms with Crippen LogP contribution in [0.25, 0.3) is 0 Å². The van der Waals surface area contributed by atoms with Crippen LogP contribution in [0, 0.1) is 19.7 Å². The van der Waals surface area contributed by atoms with Gasteiger partial charge in [-0.25, -0.2) is 9.18 Å². The molecule has 0 aliphatic carbocycles. The third-order valence-corrected chi connectivity index (χ3v) is 5.02. The number of benzene rings is 1. The second kappa shape index (κ2) is 10.2. The van der Waals surface area contributed by atoms with Crippen molar-refractivity contribution >= 4 is 17.7 Å². The fourth-order valence-electron chi connectivity index (χ4n) is 3.38. The maximum atomic E-state index is 13.3. The van der Waals surface area contributed by atoms with Crippen molar-refractivity contribution in [3.05, 3.63) is 58.2 Å². The van der Waals surface area contributed by atoms with Gasteiger partial charge in [0.15, 0.2) is 5.78 Å². The lowest BCUT2D eigenvalue weighted by Crippen LogP contribution is -2.44. The van der Waals surface area contributed by atoms with E-state index in [0.717, 1.165) is 0 Å². The van der Waals surface area contributed by atoms with Gasteiger partial charge in [0.25, 0.3) is 5.91 Å². The van der Waals surface area contributed by atoms with Gasteiger partial charge in [-0.3, -0.25) is 9.59 Å². The number of amides is 1. The molecule has 0 unspecified atom stereocenters. The van der Waals surface area contributed by atoms with Gasteiger partial charge >= 0.3 is 5.97 Å². The number of aryl methyl sites for hydroxylation is 1. The molecule has 0 spiro atoms. The summed E-state index contributed by atoms with van der Waals surface area (Å²) < 4.78 is 23.1. The molecule has 7 nitrogen and oxygen atoms in total. The Labute approximate surface area is 175 Å². The summed E-state index contributed by atoms with van der Waals surface area (Å²) in [6.07, 6.45) is 0.527. The predicted molar refractivity (Wildman–Crippen MR) is 109 cm³/mol. The first-order valence-electron chi connectivity index (χ1n) is 9.60. The number of methoxy groups -OCH3 is 2. The van der Waals surface area contributed by atoms with Crippen molar-refractivity contribution in [2.45, 2.75) is 33.2 Å². The second-order valence-corrected chi connectivity index (χ2v) is 7.01. The van der Waals surface area contributed by atoms with Gasteiger partial charge in [-0.2, -0.15) is 0 Å². The SMILES string of the molecule is COCCCN(C(=O)c1ccc(F)cc1)[C@H](C)C(=O)c1c(C)[nH]c(C(=O)OC)c1C. The maximum absolute atomic E-state index is 13.3. The van der Waals surface area contributed by atoms with E-state index in [1.54, 1.807) is 27.9 Å². The number of ether oxygens (including phenoxy) is 2. The van der Waals surface area contributed by atoms with Gasteiger partial charge in [0.2, 0.25) is 0 Å². The summed E-state index contributed by atoms with van der Waals surface area (Å²) >= 11 is 0. The lowest BCUT2D eigenvalue weighted by Gasteiger charge is -2.29. The van der Waals surface area contributed by atoms with Crippen molar-refractivity contribution in [3.63, 3.8) is 0 Å². The molecular formula is C22H27FN2O5. The zero-order valence-electron chi connectivity index (χ0n) is 17.9. The number of Topliss-reactive ketones (excluding diaryl/α,β-unsaturated/α-hetero) is 1. The van der Waals surface area contributed by atoms with Gasteiger partial charge in [0.1, 0.15) is 11.5 Å². The molecule has 30 heavy (non-hydrogen) atoms. The average molecular weight is 418 g/mol. The second-order valence-electron chi connectivity index (χ2n) is 7.01. The Balaban J connectivity index is 2.37. The van der Waals surface area contributed by atoms with Crippen molar-refractivity contribution in [1.82, 2.24) is 9.88 Å². The van der Waals surface area contributed by atoms with Crippen LogP contribution >= 0.6 is 0 Å². The number of nitrogens with one attached hydrogen (secondary N) is 1. The Morgan fingerprint density at radius 2 is 1.77 bits per heavy atom. The van der Waals surface area contributed by atoms with E-state index in [0.29, 0.717) is 29.8 Å². The molecule has 162 valence electrons. The highest BCUT2D eigenvalue weighted by molar-refractivity contribution is 6.07. The molecule has 2 aromatic rings. The Morgan fingerprint density at radius 1 is 1.13 bits per heavy atom. The quantitative estimate of drug-likeness (QED) is 0.383. The molecule has 2 rings (SSSR count). The Bertz CT molecular complexity index is 920. The van der Waals surface area contributed by atoms with Crippen LogP contribution in [-0.4, -0.2) is 61.0 Å². The van der Waals surface area contributed by atoms with Crippen molar-refractivity contribution in [3.8, 4) is 0 Å². The minimum atomic E-state index is -0.807. The number of aromatic amines is 1. The van der Waals surface area contributed by atoms with Gasteiger partial charge < -0.3 is 19.4 Å².